The molecule has 1 aliphatic rings. The van der Waals surface area contributed by atoms with Gasteiger partial charge in [0, 0.05) is 6.20 Å². The van der Waals surface area contributed by atoms with Crippen molar-refractivity contribution >= 4 is 29.3 Å². The zero-order chi connectivity index (χ0) is 22.1. The molecule has 15 nitrogen and oxygen atoms in total. The summed E-state index contributed by atoms with van der Waals surface area (Å²) in [6.45, 7) is 2.82. The summed E-state index contributed by atoms with van der Waals surface area (Å²) in [5.41, 5.74) is 3.33. The largest absolute Gasteiger partial charge is 0.490 e. The van der Waals surface area contributed by atoms with Crippen molar-refractivity contribution in [2.75, 3.05) is 12.3 Å². The predicted octanol–water partition coefficient (Wildman–Crippen LogP) is 0.403. The van der Waals surface area contributed by atoms with Crippen molar-refractivity contribution < 1.29 is 51.2 Å². The quantitative estimate of drug-likeness (QED) is 0.239. The lowest BCUT2D eigenvalue weighted by Crippen LogP contribution is -2.34. The minimum Gasteiger partial charge on any atom is -0.383 e. The highest BCUT2D eigenvalue weighted by Gasteiger charge is 2.44. The molecule has 0 bridgehead atoms. The van der Waals surface area contributed by atoms with E-state index in [-0.39, 0.29) is 18.7 Å². The van der Waals surface area contributed by atoms with Crippen molar-refractivity contribution in [3.63, 3.8) is 0 Å². The van der Waals surface area contributed by atoms with Gasteiger partial charge in [0.15, 0.2) is 0 Å². The molecule has 1 aromatic rings. The van der Waals surface area contributed by atoms with Gasteiger partial charge in [0.25, 0.3) is 0 Å². The zero-order valence-corrected chi connectivity index (χ0v) is 17.2. The normalized spacial score (nSPS) is 26.6. The van der Waals surface area contributed by atoms with Crippen LogP contribution >= 0.6 is 23.5 Å². The minimum atomic E-state index is -5.63. The number of nitrogens with zero attached hydrogens (tertiary/aromatic N) is 2. The first-order valence-corrected chi connectivity index (χ1v) is 12.1. The number of anilines is 1. The number of ether oxygens (including phenoxy) is 1. The van der Waals surface area contributed by atoms with Crippen LogP contribution < -0.4 is 11.4 Å². The highest BCUT2D eigenvalue weighted by Crippen LogP contribution is 2.66. The second-order valence-electron chi connectivity index (χ2n) is 5.79. The van der Waals surface area contributed by atoms with Crippen molar-refractivity contribution in [2.45, 2.75) is 24.7 Å². The number of phosphoric ester groups is 1. The monoisotopic (exact) mass is 477 g/mol. The molecular weight excluding hydrogens is 459 g/mol. The van der Waals surface area contributed by atoms with Crippen molar-refractivity contribution in [1.82, 2.24) is 9.55 Å². The average molecular weight is 477 g/mol. The Kier molecular flexibility index (Phi) is 7.05. The Morgan fingerprint density at radius 3 is 2.52 bits per heavy atom. The van der Waals surface area contributed by atoms with Crippen LogP contribution in [0.5, 0.6) is 0 Å². The van der Waals surface area contributed by atoms with Gasteiger partial charge in [0.05, 0.1) is 6.61 Å². The lowest BCUT2D eigenvalue weighted by Gasteiger charge is -2.27. The summed E-state index contributed by atoms with van der Waals surface area (Å²) in [6, 6.07) is 1.37. The molecule has 1 saturated heterocycles. The molecule has 1 fully saturated rings. The minimum absolute atomic E-state index is 0.00638. The third-order valence-corrected chi connectivity index (χ3v) is 7.39. The van der Waals surface area contributed by atoms with Crippen LogP contribution in [0.25, 0.3) is 0 Å². The maximum Gasteiger partial charge on any atom is 0.490 e. The van der Waals surface area contributed by atoms with Crippen molar-refractivity contribution in [3.05, 3.63) is 35.4 Å². The number of hydrogen-bond acceptors (Lipinski definition) is 10. The molecule has 2 heterocycles. The highest BCUT2D eigenvalue weighted by atomic mass is 31.3. The van der Waals surface area contributed by atoms with Gasteiger partial charge in [-0.2, -0.15) is 13.6 Å². The number of rotatable bonds is 9. The standard InChI is InChI=1S/C11H18N3O12P3/c1-2-11(5-3-9(24-11)14-6-4-8(12)13-10(14)15)7-23-28(19,20)26-29(21,22)25-27(16,17)18/h2,4,6,9H,1,3,5,7H2,(H,19,20)(H,21,22)(H2,12,13,15)(H2,16,17,18). The topological polar surface area (TPSA) is 230 Å². The summed E-state index contributed by atoms with van der Waals surface area (Å²) in [4.78, 5) is 51.2. The van der Waals surface area contributed by atoms with Gasteiger partial charge in [-0.25, -0.2) is 18.5 Å². The van der Waals surface area contributed by atoms with Crippen LogP contribution in [-0.2, 0) is 31.6 Å². The molecule has 0 amide bonds. The predicted molar refractivity (Wildman–Crippen MR) is 95.0 cm³/mol. The third-order valence-electron chi connectivity index (χ3n) is 3.61. The summed E-state index contributed by atoms with van der Waals surface area (Å²) in [7, 11) is -16.5. The van der Waals surface area contributed by atoms with E-state index in [1.54, 1.807) is 0 Å². The van der Waals surface area contributed by atoms with Crippen LogP contribution in [0.1, 0.15) is 19.1 Å². The van der Waals surface area contributed by atoms with E-state index >= 15 is 0 Å². The Labute approximate surface area is 163 Å². The molecule has 0 spiro atoms. The van der Waals surface area contributed by atoms with E-state index in [9.17, 15) is 23.4 Å². The lowest BCUT2D eigenvalue weighted by molar-refractivity contribution is -0.0691. The number of aromatic nitrogens is 2. The van der Waals surface area contributed by atoms with Crippen LogP contribution in [0, 0.1) is 0 Å². The number of nitrogen functional groups attached to an aromatic ring is 1. The summed E-state index contributed by atoms with van der Waals surface area (Å²) in [5.74, 6) is 0.00638. The summed E-state index contributed by atoms with van der Waals surface area (Å²) >= 11 is 0. The molecule has 4 atom stereocenters. The molecule has 1 aliphatic heterocycles. The molecule has 0 saturated carbocycles. The summed E-state index contributed by atoms with van der Waals surface area (Å²) in [5, 5.41) is 0. The van der Waals surface area contributed by atoms with E-state index in [0.29, 0.717) is 0 Å². The molecule has 0 aromatic carbocycles. The Hall–Kier alpha value is -1.21. The van der Waals surface area contributed by atoms with E-state index in [4.69, 9.17) is 25.2 Å². The van der Waals surface area contributed by atoms with Gasteiger partial charge in [0.1, 0.15) is 17.6 Å². The molecular formula is C11H18N3O12P3. The summed E-state index contributed by atoms with van der Waals surface area (Å²) in [6.07, 6.45) is 2.15. The Bertz CT molecular complexity index is 975. The molecule has 0 radical (unpaired) electrons. The maximum atomic E-state index is 11.9. The van der Waals surface area contributed by atoms with Gasteiger partial charge < -0.3 is 30.0 Å². The van der Waals surface area contributed by atoms with E-state index < -0.39 is 47.6 Å². The fraction of sp³-hybridized carbons (Fsp3) is 0.455. The smallest absolute Gasteiger partial charge is 0.383 e. The van der Waals surface area contributed by atoms with Crippen LogP contribution in [0.2, 0.25) is 0 Å². The maximum absolute atomic E-state index is 11.9. The SMILES string of the molecule is C=CC1(COP(=O)(O)OP(=O)(O)OP(=O)(O)O)CCC(n2ccc(N)nc2=O)O1. The van der Waals surface area contributed by atoms with Crippen molar-refractivity contribution in [2.24, 2.45) is 0 Å². The second kappa shape index (κ2) is 8.50. The van der Waals surface area contributed by atoms with Gasteiger partial charge in [-0.05, 0) is 18.9 Å². The van der Waals surface area contributed by atoms with E-state index in [1.165, 1.54) is 18.3 Å². The Balaban J connectivity index is 2.07. The van der Waals surface area contributed by atoms with Crippen LogP contribution in [0.15, 0.2) is 29.7 Å². The molecule has 0 aliphatic carbocycles. The highest BCUT2D eigenvalue weighted by molar-refractivity contribution is 7.66. The number of hydrogen-bond donors (Lipinski definition) is 5. The second-order valence-corrected chi connectivity index (χ2v) is 10.2. The van der Waals surface area contributed by atoms with Crippen molar-refractivity contribution in [1.29, 1.82) is 0 Å². The van der Waals surface area contributed by atoms with E-state index in [1.807, 2.05) is 0 Å². The van der Waals surface area contributed by atoms with Crippen LogP contribution in [-0.4, -0.2) is 41.3 Å². The van der Waals surface area contributed by atoms with Crippen LogP contribution in [0.4, 0.5) is 5.82 Å². The fourth-order valence-corrected chi connectivity index (χ4v) is 5.48. The first-order chi connectivity index (χ1) is 13.2. The van der Waals surface area contributed by atoms with Crippen molar-refractivity contribution in [3.8, 4) is 0 Å². The molecule has 18 heteroatoms. The van der Waals surface area contributed by atoms with Gasteiger partial charge in [0.2, 0.25) is 0 Å². The Morgan fingerprint density at radius 2 is 1.97 bits per heavy atom. The molecule has 2 rings (SSSR count). The van der Waals surface area contributed by atoms with Gasteiger partial charge >= 0.3 is 29.2 Å². The number of nitrogens with two attached hydrogens (primary N) is 1. The first kappa shape index (κ1) is 24.1. The molecule has 29 heavy (non-hydrogen) atoms. The Morgan fingerprint density at radius 1 is 1.31 bits per heavy atom. The first-order valence-electron chi connectivity index (χ1n) is 7.60. The molecule has 4 unspecified atom stereocenters. The van der Waals surface area contributed by atoms with E-state index in [0.717, 1.165) is 4.57 Å². The molecule has 6 N–H and O–H groups in total. The third kappa shape index (κ3) is 6.92. The zero-order valence-electron chi connectivity index (χ0n) is 14.5. The molecule has 1 aromatic heterocycles. The van der Waals surface area contributed by atoms with Crippen LogP contribution in [0.3, 0.4) is 0 Å². The van der Waals surface area contributed by atoms with E-state index in [2.05, 4.69) is 24.7 Å². The average Bonchev–Trinajstić information content (AvgIpc) is 2.94. The lowest BCUT2D eigenvalue weighted by atomic mass is 10.0. The fourth-order valence-electron chi connectivity index (χ4n) is 2.41. The van der Waals surface area contributed by atoms with Gasteiger partial charge in [-0.15, -0.1) is 6.58 Å². The molecule has 164 valence electrons. The summed E-state index contributed by atoms with van der Waals surface area (Å²) < 4.78 is 52.5. The van der Waals surface area contributed by atoms with Gasteiger partial charge in [-0.3, -0.25) is 9.09 Å². The number of phosphoric acid groups is 3. The van der Waals surface area contributed by atoms with Gasteiger partial charge in [-0.1, -0.05) is 6.08 Å².